The summed E-state index contributed by atoms with van der Waals surface area (Å²) in [5.74, 6) is -0.743. The molecular formula is C21H28N4O3. The van der Waals surface area contributed by atoms with E-state index in [1.54, 1.807) is 4.90 Å². The van der Waals surface area contributed by atoms with E-state index in [1.807, 2.05) is 18.2 Å². The lowest BCUT2D eigenvalue weighted by molar-refractivity contribution is -0.136. The van der Waals surface area contributed by atoms with Gasteiger partial charge in [0.15, 0.2) is 0 Å². The molecule has 3 N–H and O–H groups in total. The van der Waals surface area contributed by atoms with Crippen LogP contribution in [-0.4, -0.2) is 48.3 Å². The number of hydrogen-bond acceptors (Lipinski definition) is 5. The molecule has 0 spiro atoms. The first-order valence-electron chi connectivity index (χ1n) is 10.1. The van der Waals surface area contributed by atoms with Crippen molar-refractivity contribution in [3.63, 3.8) is 0 Å². The summed E-state index contributed by atoms with van der Waals surface area (Å²) in [6.45, 7) is 6.58. The van der Waals surface area contributed by atoms with Crippen LogP contribution in [0.25, 0.3) is 0 Å². The lowest BCUT2D eigenvalue weighted by atomic mass is 9.86. The second kappa shape index (κ2) is 7.64. The minimum Gasteiger partial charge on any atom is -0.322 e. The summed E-state index contributed by atoms with van der Waals surface area (Å²) in [7, 11) is 0. The first kappa shape index (κ1) is 19.1. The number of nitrogens with one attached hydrogen (secondary N) is 3. The van der Waals surface area contributed by atoms with E-state index in [-0.39, 0.29) is 24.1 Å². The summed E-state index contributed by atoms with van der Waals surface area (Å²) in [6, 6.07) is 5.22. The predicted molar refractivity (Wildman–Crippen MR) is 104 cm³/mol. The van der Waals surface area contributed by atoms with Crippen molar-refractivity contribution in [1.82, 2.24) is 20.9 Å². The molecular weight excluding hydrogens is 356 g/mol. The quantitative estimate of drug-likeness (QED) is 0.501. The smallest absolute Gasteiger partial charge is 0.255 e. The minimum atomic E-state index is -0.562. The summed E-state index contributed by atoms with van der Waals surface area (Å²) < 4.78 is 0. The van der Waals surface area contributed by atoms with Crippen LogP contribution in [0.5, 0.6) is 0 Å². The number of fused-ring (bicyclic) bond motifs is 1. The molecule has 7 nitrogen and oxygen atoms in total. The molecule has 3 aliphatic heterocycles. The maximum absolute atomic E-state index is 12.9. The highest BCUT2D eigenvalue weighted by atomic mass is 16.2. The molecule has 150 valence electrons. The highest BCUT2D eigenvalue weighted by molar-refractivity contribution is 6.05. The molecule has 3 heterocycles. The Morgan fingerprint density at radius 2 is 2.14 bits per heavy atom. The number of carbonyl (C=O) groups excluding carboxylic acids is 3. The van der Waals surface area contributed by atoms with Crippen LogP contribution in [-0.2, 0) is 22.7 Å². The highest BCUT2D eigenvalue weighted by Gasteiger charge is 2.39. The standard InChI is InChI=1S/C21H28N4O3/c1-21(8-10-23-13-21)7-9-22-11-14-3-2-4-15-16(14)12-25(20(15)28)17-5-6-18(26)24-19(17)27/h2-4,17,22-23H,5-13H2,1H3,(H,24,26,27). The van der Waals surface area contributed by atoms with Crippen molar-refractivity contribution >= 4 is 17.7 Å². The Labute approximate surface area is 165 Å². The van der Waals surface area contributed by atoms with Gasteiger partial charge in [-0.15, -0.1) is 0 Å². The van der Waals surface area contributed by atoms with E-state index in [9.17, 15) is 14.4 Å². The van der Waals surface area contributed by atoms with Crippen LogP contribution in [0.1, 0.15) is 54.1 Å². The molecule has 0 aliphatic carbocycles. The van der Waals surface area contributed by atoms with Crippen LogP contribution in [0.4, 0.5) is 0 Å². The molecule has 1 aromatic rings. The molecule has 0 saturated carbocycles. The summed E-state index contributed by atoms with van der Waals surface area (Å²) >= 11 is 0. The summed E-state index contributed by atoms with van der Waals surface area (Å²) in [5, 5.41) is 9.30. The van der Waals surface area contributed by atoms with Gasteiger partial charge in [-0.05, 0) is 55.0 Å². The molecule has 2 unspecified atom stereocenters. The lowest BCUT2D eigenvalue weighted by Gasteiger charge is -2.29. The van der Waals surface area contributed by atoms with Crippen molar-refractivity contribution in [1.29, 1.82) is 0 Å². The Morgan fingerprint density at radius 3 is 2.89 bits per heavy atom. The summed E-state index contributed by atoms with van der Waals surface area (Å²) in [6.07, 6.45) is 3.00. The number of benzene rings is 1. The molecule has 0 aromatic heterocycles. The maximum Gasteiger partial charge on any atom is 0.255 e. The molecule has 0 radical (unpaired) electrons. The van der Waals surface area contributed by atoms with Gasteiger partial charge in [-0.25, -0.2) is 0 Å². The summed E-state index contributed by atoms with van der Waals surface area (Å²) in [4.78, 5) is 38.1. The third-order valence-corrected chi connectivity index (χ3v) is 6.36. The van der Waals surface area contributed by atoms with E-state index < -0.39 is 6.04 Å². The molecule has 0 bridgehead atoms. The molecule has 28 heavy (non-hydrogen) atoms. The van der Waals surface area contributed by atoms with Crippen molar-refractivity contribution in [3.05, 3.63) is 34.9 Å². The van der Waals surface area contributed by atoms with Gasteiger partial charge >= 0.3 is 0 Å². The van der Waals surface area contributed by atoms with E-state index >= 15 is 0 Å². The van der Waals surface area contributed by atoms with Crippen LogP contribution in [0, 0.1) is 5.41 Å². The third-order valence-electron chi connectivity index (χ3n) is 6.36. The van der Waals surface area contributed by atoms with Crippen LogP contribution < -0.4 is 16.0 Å². The van der Waals surface area contributed by atoms with E-state index in [4.69, 9.17) is 0 Å². The molecule has 3 aliphatic rings. The molecule has 3 amide bonds. The number of rotatable bonds is 6. The number of carbonyl (C=O) groups is 3. The fraction of sp³-hybridized carbons (Fsp3) is 0.571. The van der Waals surface area contributed by atoms with E-state index in [0.29, 0.717) is 30.5 Å². The number of piperidine rings is 1. The maximum atomic E-state index is 12.9. The topological polar surface area (TPSA) is 90.5 Å². The van der Waals surface area contributed by atoms with E-state index in [2.05, 4.69) is 22.9 Å². The van der Waals surface area contributed by atoms with Gasteiger partial charge in [0.05, 0.1) is 0 Å². The monoisotopic (exact) mass is 384 g/mol. The van der Waals surface area contributed by atoms with Gasteiger partial charge in [0.2, 0.25) is 11.8 Å². The van der Waals surface area contributed by atoms with Gasteiger partial charge in [0.1, 0.15) is 6.04 Å². The Bertz CT molecular complexity index is 801. The first-order valence-corrected chi connectivity index (χ1v) is 10.1. The number of amides is 3. The van der Waals surface area contributed by atoms with E-state index in [1.165, 1.54) is 6.42 Å². The summed E-state index contributed by atoms with van der Waals surface area (Å²) in [5.41, 5.74) is 3.15. The molecule has 1 aromatic carbocycles. The number of imide groups is 1. The second-order valence-electron chi connectivity index (χ2n) is 8.51. The van der Waals surface area contributed by atoms with Crippen LogP contribution in [0.15, 0.2) is 18.2 Å². The molecule has 2 fully saturated rings. The van der Waals surface area contributed by atoms with Crippen LogP contribution in [0.3, 0.4) is 0 Å². The van der Waals surface area contributed by atoms with Crippen molar-refractivity contribution in [2.45, 2.75) is 51.7 Å². The van der Waals surface area contributed by atoms with Gasteiger partial charge in [-0.3, -0.25) is 19.7 Å². The number of nitrogens with zero attached hydrogens (tertiary/aromatic N) is 1. The highest BCUT2D eigenvalue weighted by Crippen LogP contribution is 2.30. The Balaban J connectivity index is 1.40. The van der Waals surface area contributed by atoms with Crippen LogP contribution in [0.2, 0.25) is 0 Å². The second-order valence-corrected chi connectivity index (χ2v) is 8.51. The fourth-order valence-electron chi connectivity index (χ4n) is 4.51. The van der Waals surface area contributed by atoms with Gasteiger partial charge in [0.25, 0.3) is 5.91 Å². The van der Waals surface area contributed by atoms with Gasteiger partial charge in [-0.1, -0.05) is 19.1 Å². The zero-order valence-electron chi connectivity index (χ0n) is 16.3. The third kappa shape index (κ3) is 3.69. The van der Waals surface area contributed by atoms with Crippen molar-refractivity contribution in [2.75, 3.05) is 19.6 Å². The number of hydrogen-bond donors (Lipinski definition) is 3. The molecule has 4 rings (SSSR count). The Morgan fingerprint density at radius 1 is 1.29 bits per heavy atom. The first-order chi connectivity index (χ1) is 13.5. The Kier molecular flexibility index (Phi) is 5.21. The van der Waals surface area contributed by atoms with Crippen molar-refractivity contribution in [3.8, 4) is 0 Å². The van der Waals surface area contributed by atoms with Crippen molar-refractivity contribution < 1.29 is 14.4 Å². The zero-order chi connectivity index (χ0) is 19.7. The van der Waals surface area contributed by atoms with Gasteiger partial charge in [-0.2, -0.15) is 0 Å². The predicted octanol–water partition coefficient (Wildman–Crippen LogP) is 0.927. The largest absolute Gasteiger partial charge is 0.322 e. The van der Waals surface area contributed by atoms with Gasteiger partial charge < -0.3 is 15.5 Å². The van der Waals surface area contributed by atoms with Crippen molar-refractivity contribution in [2.24, 2.45) is 5.41 Å². The van der Waals surface area contributed by atoms with Gasteiger partial charge in [0, 0.05) is 31.6 Å². The lowest BCUT2D eigenvalue weighted by Crippen LogP contribution is -2.52. The average molecular weight is 384 g/mol. The molecule has 2 atom stereocenters. The average Bonchev–Trinajstić information content (AvgIpc) is 3.24. The van der Waals surface area contributed by atoms with E-state index in [0.717, 1.165) is 37.2 Å². The Hall–Kier alpha value is -2.25. The molecule has 2 saturated heterocycles. The minimum absolute atomic E-state index is 0.115. The SMILES string of the molecule is CC1(CCNCc2cccc3c2CN(C2CCC(=O)NC2=O)C3=O)CCNC1. The van der Waals surface area contributed by atoms with Crippen LogP contribution >= 0.6 is 0 Å². The zero-order valence-corrected chi connectivity index (χ0v) is 16.3. The fourth-order valence-corrected chi connectivity index (χ4v) is 4.51. The normalized spacial score (nSPS) is 27.2. The molecule has 7 heteroatoms.